The predicted octanol–water partition coefficient (Wildman–Crippen LogP) is 4.42. The molecule has 6 nitrogen and oxygen atoms in total. The Morgan fingerprint density at radius 3 is 2.83 bits per heavy atom. The quantitative estimate of drug-likeness (QED) is 0.561. The minimum atomic E-state index is -0.544. The molecule has 2 aromatic carbocycles. The molecule has 116 valence electrons. The minimum absolute atomic E-state index is 0.138. The Labute approximate surface area is 139 Å². The van der Waals surface area contributed by atoms with Crippen LogP contribution in [0.25, 0.3) is 10.2 Å². The van der Waals surface area contributed by atoms with Crippen LogP contribution in [0.5, 0.6) is 0 Å². The number of thiazole rings is 1. The van der Waals surface area contributed by atoms with Gasteiger partial charge in [0.15, 0.2) is 5.13 Å². The van der Waals surface area contributed by atoms with Gasteiger partial charge in [0, 0.05) is 17.7 Å². The number of aromatic nitrogens is 1. The highest BCUT2D eigenvalue weighted by molar-refractivity contribution is 7.23. The Morgan fingerprint density at radius 2 is 2.13 bits per heavy atom. The molecule has 0 atom stereocenters. The Hall–Kier alpha value is -2.51. The summed E-state index contributed by atoms with van der Waals surface area (Å²) in [4.78, 5) is 26.8. The number of hydrogen-bond donors (Lipinski definition) is 1. The zero-order valence-corrected chi connectivity index (χ0v) is 13.4. The second-order valence-electron chi connectivity index (χ2n) is 4.82. The van der Waals surface area contributed by atoms with Gasteiger partial charge in [-0.1, -0.05) is 35.1 Å². The lowest BCUT2D eigenvalue weighted by Crippen LogP contribution is -2.11. The number of amides is 1. The van der Waals surface area contributed by atoms with E-state index < -0.39 is 10.8 Å². The molecule has 0 aliphatic heterocycles. The van der Waals surface area contributed by atoms with E-state index in [1.54, 1.807) is 6.07 Å². The van der Waals surface area contributed by atoms with Crippen molar-refractivity contribution in [1.82, 2.24) is 4.98 Å². The van der Waals surface area contributed by atoms with Gasteiger partial charge in [0.25, 0.3) is 11.6 Å². The number of carbonyl (C=O) groups excluding carboxylic acids is 1. The number of rotatable bonds is 3. The van der Waals surface area contributed by atoms with Crippen LogP contribution in [0.4, 0.5) is 10.8 Å². The minimum Gasteiger partial charge on any atom is -0.298 e. The van der Waals surface area contributed by atoms with Crippen molar-refractivity contribution in [2.45, 2.75) is 6.92 Å². The number of nitro benzene ring substituents is 1. The largest absolute Gasteiger partial charge is 0.298 e. The van der Waals surface area contributed by atoms with Crippen LogP contribution in [-0.4, -0.2) is 15.8 Å². The van der Waals surface area contributed by atoms with E-state index >= 15 is 0 Å². The monoisotopic (exact) mass is 347 g/mol. The average molecular weight is 348 g/mol. The number of nitrogens with zero attached hydrogens (tertiary/aromatic N) is 2. The van der Waals surface area contributed by atoms with Crippen LogP contribution in [0.3, 0.4) is 0 Å². The van der Waals surface area contributed by atoms with E-state index in [9.17, 15) is 14.9 Å². The highest BCUT2D eigenvalue weighted by Gasteiger charge is 2.15. The van der Waals surface area contributed by atoms with Crippen LogP contribution in [0.2, 0.25) is 5.02 Å². The first-order valence-corrected chi connectivity index (χ1v) is 7.76. The summed E-state index contributed by atoms with van der Waals surface area (Å²) in [6.07, 6.45) is 0. The molecule has 0 bridgehead atoms. The fourth-order valence-electron chi connectivity index (χ4n) is 2.09. The summed E-state index contributed by atoms with van der Waals surface area (Å²) in [5.74, 6) is -0.457. The Morgan fingerprint density at radius 1 is 1.35 bits per heavy atom. The molecular weight excluding hydrogens is 338 g/mol. The second-order valence-corrected chi connectivity index (χ2v) is 6.23. The molecule has 0 fully saturated rings. The van der Waals surface area contributed by atoms with E-state index in [1.807, 2.05) is 13.0 Å². The van der Waals surface area contributed by atoms with Crippen molar-refractivity contribution in [3.05, 3.63) is 62.7 Å². The summed E-state index contributed by atoms with van der Waals surface area (Å²) in [7, 11) is 0. The van der Waals surface area contributed by atoms with E-state index in [2.05, 4.69) is 10.3 Å². The molecule has 0 unspecified atom stereocenters. The summed E-state index contributed by atoms with van der Waals surface area (Å²) in [5.41, 5.74) is 1.75. The van der Waals surface area contributed by atoms with Gasteiger partial charge in [0.1, 0.15) is 0 Å². The number of benzene rings is 2. The van der Waals surface area contributed by atoms with Gasteiger partial charge in [0.2, 0.25) is 0 Å². The molecule has 8 heteroatoms. The number of fused-ring (bicyclic) bond motifs is 1. The predicted molar refractivity (Wildman–Crippen MR) is 90.4 cm³/mol. The Kier molecular flexibility index (Phi) is 3.97. The van der Waals surface area contributed by atoms with Crippen molar-refractivity contribution < 1.29 is 9.72 Å². The fraction of sp³-hybridized carbons (Fsp3) is 0.0667. The molecule has 1 N–H and O–H groups in total. The number of carbonyl (C=O) groups is 1. The van der Waals surface area contributed by atoms with Crippen LogP contribution < -0.4 is 5.32 Å². The highest BCUT2D eigenvalue weighted by Crippen LogP contribution is 2.34. The molecule has 3 rings (SSSR count). The van der Waals surface area contributed by atoms with Gasteiger partial charge in [-0.2, -0.15) is 0 Å². The van der Waals surface area contributed by atoms with Gasteiger partial charge in [-0.25, -0.2) is 4.98 Å². The Bertz CT molecular complexity index is 900. The van der Waals surface area contributed by atoms with E-state index in [0.29, 0.717) is 10.2 Å². The van der Waals surface area contributed by atoms with Crippen molar-refractivity contribution in [3.8, 4) is 0 Å². The molecule has 1 aromatic heterocycles. The SMILES string of the molecule is Cc1ccc(Cl)c2sc(NC(=O)c3cccc([N+](=O)[O-])c3)nc12. The average Bonchev–Trinajstić information content (AvgIpc) is 2.96. The second kappa shape index (κ2) is 5.94. The summed E-state index contributed by atoms with van der Waals surface area (Å²) in [6, 6.07) is 9.17. The van der Waals surface area contributed by atoms with E-state index in [1.165, 1.54) is 35.6 Å². The van der Waals surface area contributed by atoms with Crippen LogP contribution >= 0.6 is 22.9 Å². The van der Waals surface area contributed by atoms with Crippen molar-refractivity contribution in [3.63, 3.8) is 0 Å². The third-order valence-electron chi connectivity index (χ3n) is 3.24. The molecule has 0 radical (unpaired) electrons. The van der Waals surface area contributed by atoms with Crippen molar-refractivity contribution in [2.75, 3.05) is 5.32 Å². The standard InChI is InChI=1S/C15H10ClN3O3S/c1-8-5-6-11(16)13-12(8)17-15(23-13)18-14(20)9-3-2-4-10(7-9)19(21)22/h2-7H,1H3,(H,17,18,20). The molecule has 0 saturated heterocycles. The number of hydrogen-bond acceptors (Lipinski definition) is 5. The molecule has 0 saturated carbocycles. The highest BCUT2D eigenvalue weighted by atomic mass is 35.5. The lowest BCUT2D eigenvalue weighted by Gasteiger charge is -2.01. The zero-order valence-electron chi connectivity index (χ0n) is 11.9. The van der Waals surface area contributed by atoms with Crippen LogP contribution in [0.15, 0.2) is 36.4 Å². The molecule has 0 spiro atoms. The van der Waals surface area contributed by atoms with Gasteiger partial charge in [-0.3, -0.25) is 20.2 Å². The summed E-state index contributed by atoms with van der Waals surface area (Å²) in [6.45, 7) is 1.91. The number of anilines is 1. The van der Waals surface area contributed by atoms with Crippen LogP contribution in [-0.2, 0) is 0 Å². The third-order valence-corrected chi connectivity index (χ3v) is 4.67. The van der Waals surface area contributed by atoms with Crippen LogP contribution in [0.1, 0.15) is 15.9 Å². The zero-order chi connectivity index (χ0) is 16.6. The molecule has 23 heavy (non-hydrogen) atoms. The summed E-state index contributed by atoms with van der Waals surface area (Å²) >= 11 is 7.40. The van der Waals surface area contributed by atoms with E-state index in [4.69, 9.17) is 11.6 Å². The maximum absolute atomic E-state index is 12.2. The maximum atomic E-state index is 12.2. The van der Waals surface area contributed by atoms with Crippen molar-refractivity contribution >= 4 is 49.9 Å². The smallest absolute Gasteiger partial charge is 0.270 e. The number of aryl methyl sites for hydroxylation is 1. The molecule has 3 aromatic rings. The lowest BCUT2D eigenvalue weighted by atomic mass is 10.2. The fourth-order valence-corrected chi connectivity index (χ4v) is 3.30. The molecular formula is C15H10ClN3O3S. The van der Waals surface area contributed by atoms with E-state index in [-0.39, 0.29) is 11.3 Å². The van der Waals surface area contributed by atoms with Gasteiger partial charge in [0.05, 0.1) is 20.2 Å². The molecule has 1 amide bonds. The van der Waals surface area contributed by atoms with Crippen molar-refractivity contribution in [2.24, 2.45) is 0 Å². The first-order valence-electron chi connectivity index (χ1n) is 6.57. The van der Waals surface area contributed by atoms with Crippen molar-refractivity contribution in [1.29, 1.82) is 0 Å². The van der Waals surface area contributed by atoms with Gasteiger partial charge in [-0.05, 0) is 24.6 Å². The maximum Gasteiger partial charge on any atom is 0.270 e. The number of halogens is 1. The van der Waals surface area contributed by atoms with Gasteiger partial charge < -0.3 is 0 Å². The van der Waals surface area contributed by atoms with Crippen LogP contribution in [0, 0.1) is 17.0 Å². The van der Waals surface area contributed by atoms with Gasteiger partial charge >= 0.3 is 0 Å². The first-order chi connectivity index (χ1) is 11.0. The summed E-state index contributed by atoms with van der Waals surface area (Å²) < 4.78 is 0.793. The lowest BCUT2D eigenvalue weighted by molar-refractivity contribution is -0.384. The third kappa shape index (κ3) is 3.01. The molecule has 0 aliphatic carbocycles. The number of non-ortho nitro benzene ring substituents is 1. The summed E-state index contributed by atoms with van der Waals surface area (Å²) in [5, 5.41) is 14.4. The number of nitrogens with one attached hydrogen (secondary N) is 1. The first kappa shape index (κ1) is 15.4. The van der Waals surface area contributed by atoms with E-state index in [0.717, 1.165) is 15.8 Å². The molecule has 0 aliphatic rings. The normalized spacial score (nSPS) is 10.7. The topological polar surface area (TPSA) is 85.1 Å². The molecule has 1 heterocycles. The number of nitro groups is 1. The van der Waals surface area contributed by atoms with Gasteiger partial charge in [-0.15, -0.1) is 0 Å². The Balaban J connectivity index is 1.91.